The molecule has 0 aliphatic rings. The molecule has 0 bridgehead atoms. The second-order valence-corrected chi connectivity index (χ2v) is 6.14. The van der Waals surface area contributed by atoms with Crippen LogP contribution in [-0.4, -0.2) is 24.6 Å². The summed E-state index contributed by atoms with van der Waals surface area (Å²) >= 11 is 0. The number of unbranched alkanes of at least 4 members (excludes halogenated alkanes) is 2. The summed E-state index contributed by atoms with van der Waals surface area (Å²) in [6, 6.07) is 17.0. The van der Waals surface area contributed by atoms with Crippen LogP contribution < -0.4 is 10.7 Å². The summed E-state index contributed by atoms with van der Waals surface area (Å²) in [4.78, 5) is 23.6. The van der Waals surface area contributed by atoms with E-state index in [9.17, 15) is 9.59 Å². The van der Waals surface area contributed by atoms with Crippen LogP contribution in [0.1, 0.15) is 47.2 Å². The quantitative estimate of drug-likeness (QED) is 0.413. The summed E-state index contributed by atoms with van der Waals surface area (Å²) in [5.41, 5.74) is 5.34. The van der Waals surface area contributed by atoms with Gasteiger partial charge in [-0.1, -0.05) is 54.4 Å². The molecule has 2 rings (SSSR count). The van der Waals surface area contributed by atoms with Crippen LogP contribution in [0, 0.1) is 6.92 Å². The monoisotopic (exact) mass is 351 g/mol. The van der Waals surface area contributed by atoms with Crippen molar-refractivity contribution in [1.82, 2.24) is 10.7 Å². The summed E-state index contributed by atoms with van der Waals surface area (Å²) in [5.74, 6) is -0.157. The van der Waals surface area contributed by atoms with Gasteiger partial charge in [-0.05, 0) is 37.5 Å². The molecule has 26 heavy (non-hydrogen) atoms. The molecule has 0 aliphatic carbocycles. The summed E-state index contributed by atoms with van der Waals surface area (Å²) in [6.45, 7) is 2.64. The molecule has 2 N–H and O–H groups in total. The van der Waals surface area contributed by atoms with E-state index in [0.717, 1.165) is 24.8 Å². The minimum absolute atomic E-state index is 0.0613. The number of amides is 2. The predicted octanol–water partition coefficient (Wildman–Crippen LogP) is 3.44. The van der Waals surface area contributed by atoms with Crippen molar-refractivity contribution in [1.29, 1.82) is 0 Å². The van der Waals surface area contributed by atoms with Crippen LogP contribution in [0.3, 0.4) is 0 Å². The van der Waals surface area contributed by atoms with Gasteiger partial charge in [0.1, 0.15) is 0 Å². The largest absolute Gasteiger partial charge is 0.352 e. The maximum atomic E-state index is 11.8. The smallest absolute Gasteiger partial charge is 0.251 e. The number of hydrogen-bond donors (Lipinski definition) is 2. The molecule has 5 nitrogen and oxygen atoms in total. The third kappa shape index (κ3) is 7.30. The van der Waals surface area contributed by atoms with Crippen molar-refractivity contribution < 1.29 is 9.59 Å². The van der Waals surface area contributed by atoms with E-state index in [-0.39, 0.29) is 11.8 Å². The van der Waals surface area contributed by atoms with Crippen molar-refractivity contribution in [3.8, 4) is 0 Å². The van der Waals surface area contributed by atoms with E-state index in [0.29, 0.717) is 18.5 Å². The van der Waals surface area contributed by atoms with E-state index in [1.165, 1.54) is 5.56 Å². The van der Waals surface area contributed by atoms with E-state index in [1.807, 2.05) is 49.4 Å². The van der Waals surface area contributed by atoms with Crippen LogP contribution in [-0.2, 0) is 4.79 Å². The topological polar surface area (TPSA) is 70.6 Å². The minimum Gasteiger partial charge on any atom is -0.352 e. The average Bonchev–Trinajstić information content (AvgIpc) is 2.66. The van der Waals surface area contributed by atoms with Gasteiger partial charge in [-0.3, -0.25) is 9.59 Å². The summed E-state index contributed by atoms with van der Waals surface area (Å²) in [5, 5.41) is 6.84. The van der Waals surface area contributed by atoms with Crippen LogP contribution in [0.15, 0.2) is 59.7 Å². The first-order valence-electron chi connectivity index (χ1n) is 8.87. The number of benzene rings is 2. The molecule has 0 radical (unpaired) electrons. The molecule has 0 heterocycles. The second-order valence-electron chi connectivity index (χ2n) is 6.14. The van der Waals surface area contributed by atoms with E-state index in [2.05, 4.69) is 15.8 Å². The Balaban J connectivity index is 1.53. The molecule has 0 aliphatic heterocycles. The zero-order valence-electron chi connectivity index (χ0n) is 15.1. The number of rotatable bonds is 9. The number of carbonyl (C=O) groups excluding carboxylic acids is 2. The zero-order chi connectivity index (χ0) is 18.6. The average molecular weight is 351 g/mol. The molecule has 0 unspecified atom stereocenters. The summed E-state index contributed by atoms with van der Waals surface area (Å²) < 4.78 is 0. The molecule has 0 aromatic heterocycles. The molecule has 0 saturated heterocycles. The molecule has 5 heteroatoms. The van der Waals surface area contributed by atoms with Crippen LogP contribution in [0.2, 0.25) is 0 Å². The van der Waals surface area contributed by atoms with E-state index in [1.54, 1.807) is 18.3 Å². The molecule has 0 saturated carbocycles. The van der Waals surface area contributed by atoms with E-state index < -0.39 is 0 Å². The van der Waals surface area contributed by atoms with Crippen molar-refractivity contribution >= 4 is 18.0 Å². The van der Waals surface area contributed by atoms with Gasteiger partial charge in [-0.15, -0.1) is 0 Å². The Morgan fingerprint density at radius 2 is 1.69 bits per heavy atom. The van der Waals surface area contributed by atoms with Crippen LogP contribution in [0.5, 0.6) is 0 Å². The number of hydrazone groups is 1. The molecule has 0 fully saturated rings. The highest BCUT2D eigenvalue weighted by Gasteiger charge is 2.03. The number of nitrogens with zero attached hydrogens (tertiary/aromatic N) is 1. The van der Waals surface area contributed by atoms with Gasteiger partial charge in [0.15, 0.2) is 0 Å². The van der Waals surface area contributed by atoms with E-state index in [4.69, 9.17) is 0 Å². The third-order valence-corrected chi connectivity index (χ3v) is 3.88. The predicted molar refractivity (Wildman–Crippen MR) is 104 cm³/mol. The Bertz CT molecular complexity index is 725. The summed E-state index contributed by atoms with van der Waals surface area (Å²) in [6.07, 6.45) is 4.56. The second kappa shape index (κ2) is 10.8. The molecular weight excluding hydrogens is 326 g/mol. The number of nitrogens with one attached hydrogen (secondary N) is 2. The first kappa shape index (κ1) is 19.4. The van der Waals surface area contributed by atoms with Crippen molar-refractivity contribution in [2.75, 3.05) is 6.54 Å². The third-order valence-electron chi connectivity index (χ3n) is 3.88. The van der Waals surface area contributed by atoms with Gasteiger partial charge in [0.25, 0.3) is 5.91 Å². The van der Waals surface area contributed by atoms with Gasteiger partial charge < -0.3 is 5.32 Å². The van der Waals surface area contributed by atoms with Gasteiger partial charge in [0.05, 0.1) is 6.21 Å². The molecule has 2 amide bonds. The Morgan fingerprint density at radius 1 is 0.962 bits per heavy atom. The Morgan fingerprint density at radius 3 is 2.42 bits per heavy atom. The van der Waals surface area contributed by atoms with E-state index >= 15 is 0 Å². The lowest BCUT2D eigenvalue weighted by atomic mass is 10.2. The fraction of sp³-hybridized carbons (Fsp3) is 0.286. The number of hydrogen-bond acceptors (Lipinski definition) is 3. The fourth-order valence-electron chi connectivity index (χ4n) is 2.37. The van der Waals surface area contributed by atoms with Gasteiger partial charge >= 0.3 is 0 Å². The maximum absolute atomic E-state index is 11.8. The lowest BCUT2D eigenvalue weighted by Gasteiger charge is -2.05. The lowest BCUT2D eigenvalue weighted by molar-refractivity contribution is -0.121. The zero-order valence-corrected chi connectivity index (χ0v) is 15.1. The number of carbonyl (C=O) groups is 2. The van der Waals surface area contributed by atoms with Crippen LogP contribution in [0.4, 0.5) is 0 Å². The standard InChI is InChI=1S/C21H25N3O2/c1-17-11-13-18(14-12-17)16-23-24-20(25)10-6-3-7-15-22-21(26)19-8-4-2-5-9-19/h2,4-5,8-9,11-14,16H,3,6-7,10,15H2,1H3,(H,22,26)(H,24,25)/b23-16-. The minimum atomic E-state index is -0.0957. The highest BCUT2D eigenvalue weighted by Crippen LogP contribution is 2.02. The fourth-order valence-corrected chi connectivity index (χ4v) is 2.37. The summed E-state index contributed by atoms with van der Waals surface area (Å²) in [7, 11) is 0. The highest BCUT2D eigenvalue weighted by molar-refractivity contribution is 5.94. The molecule has 2 aromatic rings. The Labute approximate surface area is 154 Å². The van der Waals surface area contributed by atoms with Crippen LogP contribution in [0.25, 0.3) is 0 Å². The van der Waals surface area contributed by atoms with Gasteiger partial charge in [0, 0.05) is 18.5 Å². The van der Waals surface area contributed by atoms with Gasteiger partial charge in [0.2, 0.25) is 5.91 Å². The molecule has 136 valence electrons. The van der Waals surface area contributed by atoms with Crippen molar-refractivity contribution in [2.45, 2.75) is 32.6 Å². The van der Waals surface area contributed by atoms with Crippen molar-refractivity contribution in [3.63, 3.8) is 0 Å². The molecule has 2 aromatic carbocycles. The molecule has 0 spiro atoms. The van der Waals surface area contributed by atoms with Crippen LogP contribution >= 0.6 is 0 Å². The maximum Gasteiger partial charge on any atom is 0.251 e. The molecule has 0 atom stereocenters. The Hall–Kier alpha value is -2.95. The normalized spacial score (nSPS) is 10.7. The van der Waals surface area contributed by atoms with Crippen molar-refractivity contribution in [2.24, 2.45) is 5.10 Å². The molecular formula is C21H25N3O2. The van der Waals surface area contributed by atoms with Gasteiger partial charge in [-0.25, -0.2) is 5.43 Å². The lowest BCUT2D eigenvalue weighted by Crippen LogP contribution is -2.24. The Kier molecular flexibility index (Phi) is 8.06. The number of aryl methyl sites for hydroxylation is 1. The van der Waals surface area contributed by atoms with Gasteiger partial charge in [-0.2, -0.15) is 5.10 Å². The highest BCUT2D eigenvalue weighted by atomic mass is 16.2. The van der Waals surface area contributed by atoms with Crippen molar-refractivity contribution in [3.05, 3.63) is 71.3 Å². The SMILES string of the molecule is Cc1ccc(/C=N\NC(=O)CCCCCNC(=O)c2ccccc2)cc1. The first-order chi connectivity index (χ1) is 12.6. The first-order valence-corrected chi connectivity index (χ1v) is 8.87.